The normalized spacial score (nSPS) is 12.8. The first-order valence-corrected chi connectivity index (χ1v) is 8.66. The number of nitrogens with zero attached hydrogens (tertiary/aromatic N) is 1. The van der Waals surface area contributed by atoms with Gasteiger partial charge in [0.1, 0.15) is 0 Å². The molecule has 0 aliphatic rings. The molecular formula is C17H23ClN2S. The van der Waals surface area contributed by atoms with Crippen LogP contribution < -0.4 is 5.32 Å². The van der Waals surface area contributed by atoms with Crippen LogP contribution in [0.25, 0.3) is 0 Å². The van der Waals surface area contributed by atoms with E-state index < -0.39 is 0 Å². The van der Waals surface area contributed by atoms with E-state index in [1.54, 1.807) is 0 Å². The van der Waals surface area contributed by atoms with E-state index in [4.69, 9.17) is 11.6 Å². The van der Waals surface area contributed by atoms with Gasteiger partial charge in [-0.2, -0.15) is 0 Å². The van der Waals surface area contributed by atoms with E-state index in [1.165, 1.54) is 10.4 Å². The third-order valence-electron chi connectivity index (χ3n) is 3.74. The van der Waals surface area contributed by atoms with Crippen LogP contribution in [0.3, 0.4) is 0 Å². The Hall–Kier alpha value is -0.870. The first-order valence-electron chi connectivity index (χ1n) is 7.40. The predicted octanol–water partition coefficient (Wildman–Crippen LogP) is 4.57. The quantitative estimate of drug-likeness (QED) is 0.765. The van der Waals surface area contributed by atoms with Crippen molar-refractivity contribution in [3.8, 4) is 0 Å². The summed E-state index contributed by atoms with van der Waals surface area (Å²) in [5, 5.41) is 6.35. The minimum absolute atomic E-state index is 0.348. The van der Waals surface area contributed by atoms with Gasteiger partial charge < -0.3 is 5.32 Å². The van der Waals surface area contributed by atoms with E-state index in [0.717, 1.165) is 31.1 Å². The highest BCUT2D eigenvalue weighted by Gasteiger charge is 2.12. The standard InChI is InChI=1S/C17H23ClN2S/c1-3-20(13-16-8-5-11-21-16)10-9-17(19-2)14-6-4-7-15(18)12-14/h4-8,11-12,17,19H,3,9-10,13H2,1-2H3. The van der Waals surface area contributed by atoms with Crippen LogP contribution in [0.15, 0.2) is 41.8 Å². The average Bonchev–Trinajstić information content (AvgIpc) is 2.99. The topological polar surface area (TPSA) is 15.3 Å². The molecule has 0 aliphatic heterocycles. The SMILES string of the molecule is CCN(CCC(NC)c1cccc(Cl)c1)Cc1cccs1. The molecule has 1 aromatic heterocycles. The van der Waals surface area contributed by atoms with Gasteiger partial charge in [-0.15, -0.1) is 11.3 Å². The van der Waals surface area contributed by atoms with Gasteiger partial charge in [0, 0.05) is 29.0 Å². The molecule has 0 bridgehead atoms. The molecule has 1 heterocycles. The highest BCUT2D eigenvalue weighted by molar-refractivity contribution is 7.09. The maximum Gasteiger partial charge on any atom is 0.0409 e. The monoisotopic (exact) mass is 322 g/mol. The van der Waals surface area contributed by atoms with Crippen LogP contribution in [0.5, 0.6) is 0 Å². The molecular weight excluding hydrogens is 300 g/mol. The van der Waals surface area contributed by atoms with Crippen molar-refractivity contribution < 1.29 is 0 Å². The van der Waals surface area contributed by atoms with Crippen LogP contribution in [0.4, 0.5) is 0 Å². The number of halogens is 1. The van der Waals surface area contributed by atoms with Crippen molar-refractivity contribution in [2.45, 2.75) is 25.9 Å². The van der Waals surface area contributed by atoms with E-state index in [9.17, 15) is 0 Å². The van der Waals surface area contributed by atoms with Gasteiger partial charge in [0.2, 0.25) is 0 Å². The highest BCUT2D eigenvalue weighted by Crippen LogP contribution is 2.21. The lowest BCUT2D eigenvalue weighted by molar-refractivity contribution is 0.265. The minimum atomic E-state index is 0.348. The fourth-order valence-corrected chi connectivity index (χ4v) is 3.43. The Labute approximate surface area is 136 Å². The van der Waals surface area contributed by atoms with Gasteiger partial charge in [0.05, 0.1) is 0 Å². The fourth-order valence-electron chi connectivity index (χ4n) is 2.48. The second-order valence-corrected chi connectivity index (χ2v) is 6.60. The van der Waals surface area contributed by atoms with Crippen molar-refractivity contribution in [1.82, 2.24) is 10.2 Å². The molecule has 1 unspecified atom stereocenters. The van der Waals surface area contributed by atoms with E-state index in [1.807, 2.05) is 30.5 Å². The molecule has 0 saturated carbocycles. The summed E-state index contributed by atoms with van der Waals surface area (Å²) in [7, 11) is 2.02. The molecule has 0 amide bonds. The molecule has 114 valence electrons. The Morgan fingerprint density at radius 2 is 2.14 bits per heavy atom. The van der Waals surface area contributed by atoms with Crippen LogP contribution in [-0.4, -0.2) is 25.0 Å². The Balaban J connectivity index is 1.92. The summed E-state index contributed by atoms with van der Waals surface area (Å²) < 4.78 is 0. The molecule has 4 heteroatoms. The van der Waals surface area contributed by atoms with E-state index in [2.05, 4.69) is 46.8 Å². The number of hydrogen-bond acceptors (Lipinski definition) is 3. The molecule has 2 rings (SSSR count). The molecule has 21 heavy (non-hydrogen) atoms. The van der Waals surface area contributed by atoms with E-state index in [0.29, 0.717) is 6.04 Å². The fraction of sp³-hybridized carbons (Fsp3) is 0.412. The first kappa shape index (κ1) is 16.5. The zero-order valence-electron chi connectivity index (χ0n) is 12.7. The molecule has 0 saturated heterocycles. The van der Waals surface area contributed by atoms with Crippen molar-refractivity contribution in [2.75, 3.05) is 20.1 Å². The second-order valence-electron chi connectivity index (χ2n) is 5.13. The largest absolute Gasteiger partial charge is 0.313 e. The maximum absolute atomic E-state index is 6.09. The Kier molecular flexibility index (Phi) is 6.71. The molecule has 2 nitrogen and oxygen atoms in total. The van der Waals surface area contributed by atoms with Crippen molar-refractivity contribution in [3.63, 3.8) is 0 Å². The summed E-state index contributed by atoms with van der Waals surface area (Å²) in [6, 6.07) is 12.8. The molecule has 0 radical (unpaired) electrons. The van der Waals surface area contributed by atoms with Gasteiger partial charge in [-0.3, -0.25) is 4.90 Å². The van der Waals surface area contributed by atoms with Gasteiger partial charge in [-0.1, -0.05) is 36.7 Å². The van der Waals surface area contributed by atoms with Gasteiger partial charge in [0.15, 0.2) is 0 Å². The molecule has 0 aliphatic carbocycles. The minimum Gasteiger partial charge on any atom is -0.313 e. The van der Waals surface area contributed by atoms with Crippen molar-refractivity contribution in [3.05, 3.63) is 57.2 Å². The van der Waals surface area contributed by atoms with Crippen LogP contribution in [0.1, 0.15) is 29.8 Å². The summed E-state index contributed by atoms with van der Waals surface area (Å²) in [6.45, 7) is 5.41. The lowest BCUT2D eigenvalue weighted by Crippen LogP contribution is -2.27. The Morgan fingerprint density at radius 1 is 1.29 bits per heavy atom. The number of nitrogens with one attached hydrogen (secondary N) is 1. The third kappa shape index (κ3) is 5.11. The third-order valence-corrected chi connectivity index (χ3v) is 4.84. The number of hydrogen-bond donors (Lipinski definition) is 1. The molecule has 1 N–H and O–H groups in total. The van der Waals surface area contributed by atoms with Crippen LogP contribution in [-0.2, 0) is 6.54 Å². The van der Waals surface area contributed by atoms with Crippen molar-refractivity contribution in [1.29, 1.82) is 0 Å². The number of rotatable bonds is 8. The van der Waals surface area contributed by atoms with Crippen LogP contribution in [0, 0.1) is 0 Å². The van der Waals surface area contributed by atoms with E-state index in [-0.39, 0.29) is 0 Å². The van der Waals surface area contributed by atoms with Crippen LogP contribution >= 0.6 is 22.9 Å². The van der Waals surface area contributed by atoms with Gasteiger partial charge >= 0.3 is 0 Å². The molecule has 0 spiro atoms. The second kappa shape index (κ2) is 8.54. The molecule has 0 fully saturated rings. The summed E-state index contributed by atoms with van der Waals surface area (Å²) >= 11 is 7.92. The van der Waals surface area contributed by atoms with E-state index >= 15 is 0 Å². The number of benzene rings is 1. The Morgan fingerprint density at radius 3 is 2.76 bits per heavy atom. The van der Waals surface area contributed by atoms with Gasteiger partial charge in [-0.25, -0.2) is 0 Å². The highest BCUT2D eigenvalue weighted by atomic mass is 35.5. The summed E-state index contributed by atoms with van der Waals surface area (Å²) in [5.41, 5.74) is 1.26. The smallest absolute Gasteiger partial charge is 0.0409 e. The lowest BCUT2D eigenvalue weighted by atomic mass is 10.0. The molecule has 1 atom stereocenters. The summed E-state index contributed by atoms with van der Waals surface area (Å²) in [6.07, 6.45) is 1.08. The predicted molar refractivity (Wildman–Crippen MR) is 93.1 cm³/mol. The lowest BCUT2D eigenvalue weighted by Gasteiger charge is -2.23. The zero-order valence-corrected chi connectivity index (χ0v) is 14.3. The van der Waals surface area contributed by atoms with Crippen molar-refractivity contribution >= 4 is 22.9 Å². The summed E-state index contributed by atoms with van der Waals surface area (Å²) in [4.78, 5) is 3.92. The van der Waals surface area contributed by atoms with Gasteiger partial charge in [-0.05, 0) is 49.2 Å². The average molecular weight is 323 g/mol. The zero-order chi connectivity index (χ0) is 15.1. The molecule has 1 aromatic carbocycles. The van der Waals surface area contributed by atoms with Crippen LogP contribution in [0.2, 0.25) is 5.02 Å². The first-order chi connectivity index (χ1) is 10.2. The Bertz CT molecular complexity index is 527. The maximum atomic E-state index is 6.09. The number of thiophene rings is 1. The van der Waals surface area contributed by atoms with Gasteiger partial charge in [0.25, 0.3) is 0 Å². The molecule has 2 aromatic rings. The summed E-state index contributed by atoms with van der Waals surface area (Å²) in [5.74, 6) is 0. The van der Waals surface area contributed by atoms with Crippen molar-refractivity contribution in [2.24, 2.45) is 0 Å².